The number of amides is 1. The lowest BCUT2D eigenvalue weighted by atomic mass is 10.0. The van der Waals surface area contributed by atoms with Crippen LogP contribution in [0.25, 0.3) is 0 Å². The summed E-state index contributed by atoms with van der Waals surface area (Å²) in [4.78, 5) is 21.2. The summed E-state index contributed by atoms with van der Waals surface area (Å²) in [5, 5.41) is 10.3. The minimum Gasteiger partial charge on any atom is -0.394 e. The highest BCUT2D eigenvalue weighted by atomic mass is 32.1. The van der Waals surface area contributed by atoms with Gasteiger partial charge in [0.1, 0.15) is 10.7 Å². The molecule has 7 heteroatoms. The molecule has 6 nitrogen and oxygen atoms in total. The van der Waals surface area contributed by atoms with E-state index in [1.807, 2.05) is 11.9 Å². The molecule has 2 rings (SSSR count). The van der Waals surface area contributed by atoms with Gasteiger partial charge in [0, 0.05) is 20.1 Å². The van der Waals surface area contributed by atoms with Crippen molar-refractivity contribution in [2.45, 2.75) is 32.7 Å². The van der Waals surface area contributed by atoms with E-state index in [4.69, 9.17) is 5.73 Å². The second kappa shape index (κ2) is 6.62. The molecule has 0 aromatic carbocycles. The molecule has 1 aromatic rings. The number of carbonyl (C=O) groups is 1. The molecule has 1 aliphatic rings. The molecular weight excluding hydrogens is 288 g/mol. The van der Waals surface area contributed by atoms with E-state index in [1.165, 1.54) is 11.3 Å². The summed E-state index contributed by atoms with van der Waals surface area (Å²) < 4.78 is 0. The van der Waals surface area contributed by atoms with Crippen molar-refractivity contribution < 1.29 is 9.90 Å². The number of thiazole rings is 1. The smallest absolute Gasteiger partial charge is 0.268 e. The van der Waals surface area contributed by atoms with Gasteiger partial charge >= 0.3 is 0 Å². The van der Waals surface area contributed by atoms with E-state index >= 15 is 0 Å². The van der Waals surface area contributed by atoms with Crippen molar-refractivity contribution >= 4 is 28.2 Å². The number of carbonyl (C=O) groups excluding carboxylic acids is 1. The van der Waals surface area contributed by atoms with E-state index in [-0.39, 0.29) is 18.6 Å². The Balaban J connectivity index is 2.20. The molecule has 1 aliphatic heterocycles. The van der Waals surface area contributed by atoms with Crippen LogP contribution in [0, 0.1) is 5.92 Å². The monoisotopic (exact) mass is 312 g/mol. The second-order valence-corrected chi connectivity index (χ2v) is 6.62. The Hall–Kier alpha value is -1.34. The molecule has 21 heavy (non-hydrogen) atoms. The lowest BCUT2D eigenvalue weighted by Crippen LogP contribution is -2.39. The first-order valence-corrected chi connectivity index (χ1v) is 8.20. The fraction of sp³-hybridized carbons (Fsp3) is 0.714. The van der Waals surface area contributed by atoms with Crippen LogP contribution in [0.4, 0.5) is 10.9 Å². The lowest BCUT2D eigenvalue weighted by Gasteiger charge is -2.24. The number of anilines is 2. The number of rotatable bonds is 5. The minimum atomic E-state index is -0.115. The van der Waals surface area contributed by atoms with Crippen molar-refractivity contribution in [1.82, 2.24) is 9.88 Å². The maximum atomic E-state index is 12.7. The van der Waals surface area contributed by atoms with Gasteiger partial charge in [-0.15, -0.1) is 0 Å². The van der Waals surface area contributed by atoms with Gasteiger partial charge in [0.15, 0.2) is 5.13 Å². The molecule has 3 N–H and O–H groups in total. The fourth-order valence-corrected chi connectivity index (χ4v) is 3.67. The van der Waals surface area contributed by atoms with Gasteiger partial charge < -0.3 is 20.6 Å². The molecule has 1 fully saturated rings. The largest absolute Gasteiger partial charge is 0.394 e. The molecule has 1 aromatic heterocycles. The molecule has 2 unspecified atom stereocenters. The molecule has 0 bridgehead atoms. The summed E-state index contributed by atoms with van der Waals surface area (Å²) in [5.74, 6) is 0.499. The first kappa shape index (κ1) is 16.0. The maximum Gasteiger partial charge on any atom is 0.268 e. The summed E-state index contributed by atoms with van der Waals surface area (Å²) >= 11 is 1.33. The number of likely N-dealkylation sites (tertiary alicyclic amines) is 1. The van der Waals surface area contributed by atoms with Crippen LogP contribution in [-0.4, -0.2) is 53.7 Å². The van der Waals surface area contributed by atoms with E-state index in [0.29, 0.717) is 23.2 Å². The SMILES string of the molecule is CCCN(C)c1nc(N)c(C(=O)N2CCC(C)C2CO)s1. The molecule has 1 amide bonds. The zero-order valence-corrected chi connectivity index (χ0v) is 13.7. The van der Waals surface area contributed by atoms with Gasteiger partial charge in [-0.1, -0.05) is 25.2 Å². The van der Waals surface area contributed by atoms with E-state index < -0.39 is 0 Å². The number of aromatic nitrogens is 1. The normalized spacial score (nSPS) is 21.8. The molecule has 0 aliphatic carbocycles. The first-order valence-electron chi connectivity index (χ1n) is 7.38. The third-order valence-corrected chi connectivity index (χ3v) is 5.23. The quantitative estimate of drug-likeness (QED) is 0.859. The Labute approximate surface area is 129 Å². The van der Waals surface area contributed by atoms with E-state index in [0.717, 1.165) is 24.5 Å². The number of aliphatic hydroxyl groups is 1. The van der Waals surface area contributed by atoms with Crippen LogP contribution in [-0.2, 0) is 0 Å². The van der Waals surface area contributed by atoms with E-state index in [1.54, 1.807) is 4.90 Å². The van der Waals surface area contributed by atoms with Crippen molar-refractivity contribution in [2.24, 2.45) is 5.92 Å². The third kappa shape index (κ3) is 3.13. The van der Waals surface area contributed by atoms with E-state index in [2.05, 4.69) is 18.8 Å². The zero-order valence-electron chi connectivity index (χ0n) is 12.9. The summed E-state index contributed by atoms with van der Waals surface area (Å²) in [6.07, 6.45) is 1.92. The number of nitrogens with zero attached hydrogens (tertiary/aromatic N) is 3. The third-order valence-electron chi connectivity index (χ3n) is 4.05. The van der Waals surface area contributed by atoms with Gasteiger partial charge in [0.25, 0.3) is 5.91 Å². The summed E-state index contributed by atoms with van der Waals surface area (Å²) in [7, 11) is 1.95. The number of nitrogen functional groups attached to an aromatic ring is 1. The summed E-state index contributed by atoms with van der Waals surface area (Å²) in [6, 6.07) is -0.115. The van der Waals surface area contributed by atoms with Crippen LogP contribution in [0.1, 0.15) is 36.4 Å². The zero-order chi connectivity index (χ0) is 15.6. The molecule has 2 heterocycles. The number of aliphatic hydroxyl groups excluding tert-OH is 1. The molecule has 1 saturated heterocycles. The molecular formula is C14H24N4O2S. The van der Waals surface area contributed by atoms with Crippen molar-refractivity contribution in [3.8, 4) is 0 Å². The van der Waals surface area contributed by atoms with Crippen LogP contribution in [0.2, 0.25) is 0 Å². The topological polar surface area (TPSA) is 82.7 Å². The minimum absolute atomic E-state index is 0.00574. The molecule has 0 saturated carbocycles. The van der Waals surface area contributed by atoms with Crippen LogP contribution in [0.5, 0.6) is 0 Å². The van der Waals surface area contributed by atoms with Gasteiger partial charge in [0.05, 0.1) is 12.6 Å². The Kier molecular flexibility index (Phi) is 5.05. The summed E-state index contributed by atoms with van der Waals surface area (Å²) in [5.41, 5.74) is 5.93. The van der Waals surface area contributed by atoms with Crippen LogP contribution in [0.3, 0.4) is 0 Å². The Bertz CT molecular complexity index is 505. The van der Waals surface area contributed by atoms with Gasteiger partial charge in [-0.05, 0) is 18.8 Å². The highest BCUT2D eigenvalue weighted by molar-refractivity contribution is 7.18. The predicted octanol–water partition coefficient (Wildman–Crippen LogP) is 1.41. The fourth-order valence-electron chi connectivity index (χ4n) is 2.74. The van der Waals surface area contributed by atoms with Crippen molar-refractivity contribution in [2.75, 3.05) is 37.4 Å². The average Bonchev–Trinajstić information content (AvgIpc) is 3.01. The standard InChI is InChI=1S/C14H24N4O2S/c1-4-6-17(3)14-16-12(15)11(21-14)13(20)18-7-5-9(2)10(18)8-19/h9-10,19H,4-8,15H2,1-3H3. The van der Waals surface area contributed by atoms with Crippen LogP contribution in [0.15, 0.2) is 0 Å². The summed E-state index contributed by atoms with van der Waals surface area (Å²) in [6.45, 7) is 5.69. The van der Waals surface area contributed by atoms with Gasteiger partial charge in [-0.3, -0.25) is 4.79 Å². The second-order valence-electron chi connectivity index (χ2n) is 5.65. The lowest BCUT2D eigenvalue weighted by molar-refractivity contribution is 0.0654. The molecule has 118 valence electrons. The van der Waals surface area contributed by atoms with Crippen LogP contribution >= 0.6 is 11.3 Å². The number of hydrogen-bond acceptors (Lipinski definition) is 6. The van der Waals surface area contributed by atoms with Gasteiger partial charge in [-0.2, -0.15) is 0 Å². The van der Waals surface area contributed by atoms with Crippen LogP contribution < -0.4 is 10.6 Å². The predicted molar refractivity (Wildman–Crippen MR) is 85.8 cm³/mol. The van der Waals surface area contributed by atoms with E-state index in [9.17, 15) is 9.90 Å². The first-order chi connectivity index (χ1) is 9.99. The molecule has 2 atom stereocenters. The van der Waals surface area contributed by atoms with Crippen molar-refractivity contribution in [3.05, 3.63) is 4.88 Å². The number of hydrogen-bond donors (Lipinski definition) is 2. The van der Waals surface area contributed by atoms with Crippen molar-refractivity contribution in [1.29, 1.82) is 0 Å². The van der Waals surface area contributed by atoms with Gasteiger partial charge in [0.2, 0.25) is 0 Å². The Morgan fingerprint density at radius 3 is 2.95 bits per heavy atom. The average molecular weight is 312 g/mol. The van der Waals surface area contributed by atoms with Gasteiger partial charge in [-0.25, -0.2) is 4.98 Å². The Morgan fingerprint density at radius 1 is 1.62 bits per heavy atom. The maximum absolute atomic E-state index is 12.7. The Morgan fingerprint density at radius 2 is 2.33 bits per heavy atom. The molecule has 0 radical (unpaired) electrons. The number of nitrogens with two attached hydrogens (primary N) is 1. The highest BCUT2D eigenvalue weighted by Crippen LogP contribution is 2.32. The van der Waals surface area contributed by atoms with Crippen molar-refractivity contribution in [3.63, 3.8) is 0 Å². The molecule has 0 spiro atoms. The highest BCUT2D eigenvalue weighted by Gasteiger charge is 2.36.